The van der Waals surface area contributed by atoms with Crippen LogP contribution in [-0.2, 0) is 11.8 Å². The number of hydrogen-bond acceptors (Lipinski definition) is 5. The van der Waals surface area contributed by atoms with Crippen molar-refractivity contribution in [2.24, 2.45) is 5.41 Å². The molecule has 0 saturated heterocycles. The minimum atomic E-state index is 0.0809. The molecule has 1 N–H and O–H groups in total. The Kier molecular flexibility index (Phi) is 3.03. The third-order valence-corrected chi connectivity index (χ3v) is 6.91. The summed E-state index contributed by atoms with van der Waals surface area (Å²) in [4.78, 5) is 12.2. The molecule has 7 nitrogen and oxygen atoms in total. The van der Waals surface area contributed by atoms with Crippen LogP contribution in [-0.4, -0.2) is 29.5 Å². The lowest BCUT2D eigenvalue weighted by atomic mass is 9.79. The van der Waals surface area contributed by atoms with E-state index in [1.165, 1.54) is 12.8 Å². The van der Waals surface area contributed by atoms with Gasteiger partial charge in [-0.05, 0) is 62.1 Å². The smallest absolute Gasteiger partial charge is 0.179 e. The van der Waals surface area contributed by atoms with Crippen molar-refractivity contribution in [3.8, 4) is 6.07 Å². The standard InChI is InChI=1S/C21H19N7/c22-10-14-1-2-15(24-11-14)9-20-4-6-21(13-20,7-5-20)19-27-26-17-12-25-18-16(28(17)19)3-8-23-18/h1-3,8,11-12,23H,4-7,9,13H2. The van der Waals surface area contributed by atoms with Crippen LogP contribution in [0.3, 0.4) is 0 Å². The highest BCUT2D eigenvalue weighted by atomic mass is 15.3. The van der Waals surface area contributed by atoms with Crippen molar-refractivity contribution in [2.45, 2.75) is 43.9 Å². The van der Waals surface area contributed by atoms with Crippen molar-refractivity contribution in [1.82, 2.24) is 29.5 Å². The largest absolute Gasteiger partial charge is 0.345 e. The average molecular weight is 369 g/mol. The fraction of sp³-hybridized carbons (Fsp3) is 0.381. The van der Waals surface area contributed by atoms with Gasteiger partial charge in [-0.1, -0.05) is 0 Å². The monoisotopic (exact) mass is 369 g/mol. The Morgan fingerprint density at radius 3 is 2.75 bits per heavy atom. The molecule has 0 radical (unpaired) electrons. The third-order valence-electron chi connectivity index (χ3n) is 6.91. The molecular weight excluding hydrogens is 350 g/mol. The van der Waals surface area contributed by atoms with E-state index in [9.17, 15) is 0 Å². The van der Waals surface area contributed by atoms with Crippen molar-refractivity contribution in [3.05, 3.63) is 53.9 Å². The predicted molar refractivity (Wildman–Crippen MR) is 102 cm³/mol. The van der Waals surface area contributed by atoms with Crippen LogP contribution < -0.4 is 0 Å². The van der Waals surface area contributed by atoms with Crippen molar-refractivity contribution >= 4 is 16.8 Å². The van der Waals surface area contributed by atoms with E-state index >= 15 is 0 Å². The maximum Gasteiger partial charge on any atom is 0.179 e. The molecular formula is C21H19N7. The number of nitrogens with zero attached hydrogens (tertiary/aromatic N) is 6. The van der Waals surface area contributed by atoms with Gasteiger partial charge in [0.15, 0.2) is 11.3 Å². The maximum atomic E-state index is 8.99. The summed E-state index contributed by atoms with van der Waals surface area (Å²) in [5.41, 5.74) is 4.79. The van der Waals surface area contributed by atoms with E-state index < -0.39 is 0 Å². The Labute approximate surface area is 161 Å². The molecule has 4 aromatic heterocycles. The van der Waals surface area contributed by atoms with Crippen molar-refractivity contribution in [3.63, 3.8) is 0 Å². The molecule has 4 aromatic rings. The summed E-state index contributed by atoms with van der Waals surface area (Å²) in [6.45, 7) is 0. The van der Waals surface area contributed by atoms with Gasteiger partial charge in [-0.3, -0.25) is 9.38 Å². The molecule has 2 aliphatic rings. The number of nitriles is 1. The molecule has 4 heterocycles. The average Bonchev–Trinajstić information content (AvgIpc) is 3.49. The molecule has 0 aromatic carbocycles. The second-order valence-electron chi connectivity index (χ2n) is 8.47. The molecule has 6 rings (SSSR count). The van der Waals surface area contributed by atoms with Gasteiger partial charge in [0.25, 0.3) is 0 Å². The zero-order valence-electron chi connectivity index (χ0n) is 15.4. The lowest BCUT2D eigenvalue weighted by Crippen LogP contribution is -2.23. The quantitative estimate of drug-likeness (QED) is 0.598. The summed E-state index contributed by atoms with van der Waals surface area (Å²) in [5, 5.41) is 18.1. The van der Waals surface area contributed by atoms with Gasteiger partial charge in [-0.15, -0.1) is 10.2 Å². The molecule has 0 spiro atoms. The van der Waals surface area contributed by atoms with E-state index in [1.807, 2.05) is 18.3 Å². The summed E-state index contributed by atoms with van der Waals surface area (Å²) < 4.78 is 2.19. The molecule has 7 heteroatoms. The first-order valence-corrected chi connectivity index (χ1v) is 9.73. The van der Waals surface area contributed by atoms with Gasteiger partial charge < -0.3 is 4.98 Å². The van der Waals surface area contributed by atoms with Crippen molar-refractivity contribution < 1.29 is 0 Å². The molecule has 0 aliphatic heterocycles. The normalized spacial score (nSPS) is 26.2. The zero-order valence-corrected chi connectivity index (χ0v) is 15.4. The molecule has 0 atom stereocenters. The van der Waals surface area contributed by atoms with Gasteiger partial charge in [0.05, 0.1) is 17.3 Å². The minimum absolute atomic E-state index is 0.0809. The number of nitrogens with one attached hydrogen (secondary N) is 1. The van der Waals surface area contributed by atoms with Crippen LogP contribution in [0.5, 0.6) is 0 Å². The first kappa shape index (κ1) is 15.8. The van der Waals surface area contributed by atoms with Gasteiger partial charge in [0, 0.05) is 23.5 Å². The highest BCUT2D eigenvalue weighted by Gasteiger charge is 2.56. The molecule has 2 saturated carbocycles. The second-order valence-corrected chi connectivity index (χ2v) is 8.47. The summed E-state index contributed by atoms with van der Waals surface area (Å²) in [6.07, 6.45) is 12.1. The maximum absolute atomic E-state index is 8.99. The number of fused-ring (bicyclic) bond motifs is 5. The Hall–Kier alpha value is -3.27. The van der Waals surface area contributed by atoms with E-state index in [0.717, 1.165) is 54.0 Å². The van der Waals surface area contributed by atoms with Crippen LogP contribution in [0.2, 0.25) is 0 Å². The Morgan fingerprint density at radius 2 is 1.96 bits per heavy atom. The second kappa shape index (κ2) is 5.38. The Balaban J connectivity index is 1.38. The van der Waals surface area contributed by atoms with Gasteiger partial charge in [0.2, 0.25) is 0 Å². The number of hydrogen-bond donors (Lipinski definition) is 1. The van der Waals surface area contributed by atoms with Crippen molar-refractivity contribution in [2.75, 3.05) is 0 Å². The number of pyridine rings is 1. The summed E-state index contributed by atoms with van der Waals surface area (Å²) >= 11 is 0. The van der Waals surface area contributed by atoms with E-state index in [2.05, 4.69) is 41.7 Å². The first-order chi connectivity index (χ1) is 13.7. The molecule has 138 valence electrons. The van der Waals surface area contributed by atoms with Crippen LogP contribution in [0.15, 0.2) is 36.8 Å². The minimum Gasteiger partial charge on any atom is -0.345 e. The van der Waals surface area contributed by atoms with E-state index in [4.69, 9.17) is 5.26 Å². The molecule has 0 unspecified atom stereocenters. The van der Waals surface area contributed by atoms with E-state index in [0.29, 0.717) is 5.56 Å². The molecule has 28 heavy (non-hydrogen) atoms. The fourth-order valence-corrected chi connectivity index (χ4v) is 5.57. The Morgan fingerprint density at radius 1 is 1.07 bits per heavy atom. The SMILES string of the molecule is N#Cc1ccc(CC23CCC(c4nnc5cnc6[nH]ccc6n45)(CC2)C3)nc1. The highest BCUT2D eigenvalue weighted by molar-refractivity contribution is 5.74. The zero-order chi connectivity index (χ0) is 18.8. The lowest BCUT2D eigenvalue weighted by molar-refractivity contribution is 0.287. The number of rotatable bonds is 3. The van der Waals surface area contributed by atoms with Crippen LogP contribution in [0, 0.1) is 16.7 Å². The topological polar surface area (TPSA) is 95.5 Å². The number of H-pyrrole nitrogens is 1. The predicted octanol–water partition coefficient (Wildman–Crippen LogP) is 3.32. The molecule has 2 fully saturated rings. The summed E-state index contributed by atoms with van der Waals surface area (Å²) in [7, 11) is 0. The lowest BCUT2D eigenvalue weighted by Gasteiger charge is -2.27. The van der Waals surface area contributed by atoms with Crippen molar-refractivity contribution in [1.29, 1.82) is 5.26 Å². The van der Waals surface area contributed by atoms with Crippen LogP contribution in [0.4, 0.5) is 0 Å². The molecule has 2 bridgehead atoms. The number of aromatic nitrogens is 6. The third kappa shape index (κ3) is 2.09. The Bertz CT molecular complexity index is 1230. The van der Waals surface area contributed by atoms with Crippen LogP contribution in [0.25, 0.3) is 16.8 Å². The van der Waals surface area contributed by atoms with Gasteiger partial charge in [-0.2, -0.15) is 5.26 Å². The molecule has 0 amide bonds. The van der Waals surface area contributed by atoms with E-state index in [1.54, 1.807) is 12.4 Å². The first-order valence-electron chi connectivity index (χ1n) is 9.73. The van der Waals surface area contributed by atoms with Gasteiger partial charge >= 0.3 is 0 Å². The summed E-state index contributed by atoms with van der Waals surface area (Å²) in [5.74, 6) is 1.08. The van der Waals surface area contributed by atoms with Crippen LogP contribution in [0.1, 0.15) is 49.2 Å². The van der Waals surface area contributed by atoms with Crippen LogP contribution >= 0.6 is 0 Å². The summed E-state index contributed by atoms with van der Waals surface area (Å²) in [6, 6.07) is 8.08. The highest BCUT2D eigenvalue weighted by Crippen LogP contribution is 2.63. The van der Waals surface area contributed by atoms with E-state index in [-0.39, 0.29) is 10.8 Å². The van der Waals surface area contributed by atoms with Gasteiger partial charge in [0.1, 0.15) is 11.9 Å². The number of aromatic amines is 1. The fourth-order valence-electron chi connectivity index (χ4n) is 5.57. The molecule has 2 aliphatic carbocycles. The van der Waals surface area contributed by atoms with Gasteiger partial charge in [-0.25, -0.2) is 4.98 Å².